The van der Waals surface area contributed by atoms with Gasteiger partial charge >= 0.3 is 0 Å². The predicted octanol–water partition coefficient (Wildman–Crippen LogP) is 2.69. The van der Waals surface area contributed by atoms with Crippen LogP contribution in [0.2, 0.25) is 0 Å². The van der Waals surface area contributed by atoms with Gasteiger partial charge in [-0.1, -0.05) is 18.2 Å². The van der Waals surface area contributed by atoms with Crippen LogP contribution in [0.5, 0.6) is 5.75 Å². The number of ether oxygens (including phenoxy) is 1. The number of nitrogens with one attached hydrogen (secondary N) is 1. The zero-order valence-corrected chi connectivity index (χ0v) is 14.7. The van der Waals surface area contributed by atoms with Gasteiger partial charge in [0.15, 0.2) is 0 Å². The van der Waals surface area contributed by atoms with Crippen molar-refractivity contribution < 1.29 is 9.53 Å². The van der Waals surface area contributed by atoms with E-state index < -0.39 is 6.04 Å². The third-order valence-corrected chi connectivity index (χ3v) is 4.04. The number of benzene rings is 1. The average molecular weight is 351 g/mol. The van der Waals surface area contributed by atoms with Crippen molar-refractivity contribution in [1.29, 1.82) is 0 Å². The first kappa shape index (κ1) is 17.6. The van der Waals surface area contributed by atoms with Crippen molar-refractivity contribution in [3.05, 3.63) is 72.6 Å². The van der Waals surface area contributed by atoms with Gasteiger partial charge in [0.1, 0.15) is 31.1 Å². The lowest BCUT2D eigenvalue weighted by atomic mass is 10.1. The van der Waals surface area contributed by atoms with Gasteiger partial charge in [-0.2, -0.15) is 5.10 Å². The first-order chi connectivity index (χ1) is 12.6. The van der Waals surface area contributed by atoms with E-state index in [1.807, 2.05) is 49.4 Å². The number of rotatable bonds is 7. The summed E-state index contributed by atoms with van der Waals surface area (Å²) in [4.78, 5) is 20.5. The molecule has 134 valence electrons. The van der Waals surface area contributed by atoms with E-state index >= 15 is 0 Å². The number of hydrogen-bond donors (Lipinski definition) is 1. The molecule has 0 unspecified atom stereocenters. The number of amides is 1. The molecule has 0 saturated carbocycles. The molecule has 2 heterocycles. The summed E-state index contributed by atoms with van der Waals surface area (Å²) in [7, 11) is 0. The van der Waals surface area contributed by atoms with E-state index in [0.29, 0.717) is 6.61 Å². The van der Waals surface area contributed by atoms with E-state index in [-0.39, 0.29) is 11.9 Å². The zero-order valence-electron chi connectivity index (χ0n) is 14.7. The molecule has 7 nitrogen and oxygen atoms in total. The number of carbonyl (C=O) groups excluding carboxylic acids is 1. The molecule has 3 aromatic rings. The number of carbonyl (C=O) groups is 1. The highest BCUT2D eigenvalue weighted by atomic mass is 16.5. The van der Waals surface area contributed by atoms with E-state index in [9.17, 15) is 4.79 Å². The van der Waals surface area contributed by atoms with Gasteiger partial charge in [-0.25, -0.2) is 9.67 Å². The van der Waals surface area contributed by atoms with Crippen LogP contribution in [0.25, 0.3) is 0 Å². The second-order valence-corrected chi connectivity index (χ2v) is 5.96. The molecule has 2 aromatic heterocycles. The Kier molecular flexibility index (Phi) is 5.58. The minimum atomic E-state index is -0.427. The van der Waals surface area contributed by atoms with Crippen LogP contribution in [0.3, 0.4) is 0 Å². The molecular weight excluding hydrogens is 330 g/mol. The summed E-state index contributed by atoms with van der Waals surface area (Å²) in [6.45, 7) is 4.11. The van der Waals surface area contributed by atoms with Gasteiger partial charge < -0.3 is 10.1 Å². The quantitative estimate of drug-likeness (QED) is 0.708. The molecule has 0 spiro atoms. The average Bonchev–Trinajstić information content (AvgIpc) is 3.21. The molecule has 2 atom stereocenters. The fourth-order valence-corrected chi connectivity index (χ4v) is 2.47. The first-order valence-corrected chi connectivity index (χ1v) is 8.40. The number of aromatic nitrogens is 4. The summed E-state index contributed by atoms with van der Waals surface area (Å²) in [6, 6.07) is 12.8. The maximum atomic E-state index is 12.4. The summed E-state index contributed by atoms with van der Waals surface area (Å²) < 4.78 is 7.32. The number of pyridine rings is 1. The lowest BCUT2D eigenvalue weighted by molar-refractivity contribution is -0.124. The Balaban J connectivity index is 1.60. The lowest BCUT2D eigenvalue weighted by Gasteiger charge is -2.18. The van der Waals surface area contributed by atoms with E-state index in [4.69, 9.17) is 4.74 Å². The van der Waals surface area contributed by atoms with Gasteiger partial charge in [0.2, 0.25) is 5.91 Å². The number of nitrogens with zero attached hydrogens (tertiary/aromatic N) is 4. The minimum absolute atomic E-state index is 0.122. The largest absolute Gasteiger partial charge is 0.487 e. The summed E-state index contributed by atoms with van der Waals surface area (Å²) in [5.41, 5.74) is 1.82. The fraction of sp³-hybridized carbons (Fsp3) is 0.263. The van der Waals surface area contributed by atoms with Crippen molar-refractivity contribution >= 4 is 5.91 Å². The maximum Gasteiger partial charge on any atom is 0.245 e. The summed E-state index contributed by atoms with van der Waals surface area (Å²) >= 11 is 0. The molecule has 0 aliphatic carbocycles. The normalized spacial score (nSPS) is 13.0. The van der Waals surface area contributed by atoms with Crippen LogP contribution in [0.15, 0.2) is 61.3 Å². The molecule has 1 N–H and O–H groups in total. The molecule has 0 radical (unpaired) electrons. The molecule has 7 heteroatoms. The van der Waals surface area contributed by atoms with E-state index in [1.54, 1.807) is 13.1 Å². The molecule has 3 rings (SSSR count). The Labute approximate surface area is 152 Å². The summed E-state index contributed by atoms with van der Waals surface area (Å²) in [5, 5.41) is 6.99. The SMILES string of the molecule is C[C@@H](NC(=O)[C@H](C)n1cncn1)c1cccc(OCc2ccccn2)c1. The summed E-state index contributed by atoms with van der Waals surface area (Å²) in [6.07, 6.45) is 4.68. The molecule has 0 aliphatic rings. The molecule has 26 heavy (non-hydrogen) atoms. The standard InChI is InChI=1S/C19H21N5O2/c1-14(23-19(25)15(2)24-13-20-12-22-24)16-6-5-8-18(10-16)26-11-17-7-3-4-9-21-17/h3-10,12-15H,11H2,1-2H3,(H,23,25)/t14-,15+/m1/s1. The lowest BCUT2D eigenvalue weighted by Crippen LogP contribution is -2.33. The van der Waals surface area contributed by atoms with E-state index in [0.717, 1.165) is 17.0 Å². The van der Waals surface area contributed by atoms with Crippen molar-refractivity contribution in [1.82, 2.24) is 25.1 Å². The van der Waals surface area contributed by atoms with E-state index in [2.05, 4.69) is 20.4 Å². The number of hydrogen-bond acceptors (Lipinski definition) is 5. The van der Waals surface area contributed by atoms with Gasteiger partial charge in [0.25, 0.3) is 0 Å². The van der Waals surface area contributed by atoms with Crippen molar-refractivity contribution in [2.45, 2.75) is 32.5 Å². The van der Waals surface area contributed by atoms with Gasteiger partial charge in [-0.3, -0.25) is 9.78 Å². The van der Waals surface area contributed by atoms with E-state index in [1.165, 1.54) is 17.3 Å². The second-order valence-electron chi connectivity index (χ2n) is 5.96. The topological polar surface area (TPSA) is 81.9 Å². The molecule has 0 saturated heterocycles. The van der Waals surface area contributed by atoms with Gasteiger partial charge in [0.05, 0.1) is 11.7 Å². The van der Waals surface area contributed by atoms with Gasteiger partial charge in [-0.15, -0.1) is 0 Å². The van der Waals surface area contributed by atoms with Crippen molar-refractivity contribution in [2.75, 3.05) is 0 Å². The molecule has 0 fully saturated rings. The Hall–Kier alpha value is -3.22. The minimum Gasteiger partial charge on any atom is -0.487 e. The van der Waals surface area contributed by atoms with Crippen molar-refractivity contribution in [2.24, 2.45) is 0 Å². The highest BCUT2D eigenvalue weighted by Crippen LogP contribution is 2.20. The van der Waals surface area contributed by atoms with Crippen LogP contribution in [0, 0.1) is 0 Å². The highest BCUT2D eigenvalue weighted by Gasteiger charge is 2.18. The first-order valence-electron chi connectivity index (χ1n) is 8.40. The molecular formula is C19H21N5O2. The predicted molar refractivity (Wildman–Crippen MR) is 96.3 cm³/mol. The van der Waals surface area contributed by atoms with Gasteiger partial charge in [-0.05, 0) is 43.7 Å². The Bertz CT molecular complexity index is 836. The summed E-state index contributed by atoms with van der Waals surface area (Å²) in [5.74, 6) is 0.612. The zero-order chi connectivity index (χ0) is 18.4. The Morgan fingerprint density at radius 2 is 2.12 bits per heavy atom. The maximum absolute atomic E-state index is 12.4. The monoisotopic (exact) mass is 351 g/mol. The van der Waals surface area contributed by atoms with Crippen LogP contribution in [-0.4, -0.2) is 25.7 Å². The third-order valence-electron chi connectivity index (χ3n) is 4.04. The molecule has 1 amide bonds. The molecule has 0 bridgehead atoms. The van der Waals surface area contributed by atoms with Crippen LogP contribution in [-0.2, 0) is 11.4 Å². The molecule has 0 aliphatic heterocycles. The smallest absolute Gasteiger partial charge is 0.245 e. The van der Waals surface area contributed by atoms with Gasteiger partial charge in [0, 0.05) is 6.20 Å². The highest BCUT2D eigenvalue weighted by molar-refractivity contribution is 5.80. The third kappa shape index (κ3) is 4.44. The molecule has 1 aromatic carbocycles. The fourth-order valence-electron chi connectivity index (χ4n) is 2.47. The van der Waals surface area contributed by atoms with Crippen molar-refractivity contribution in [3.63, 3.8) is 0 Å². The second kappa shape index (κ2) is 8.24. The van der Waals surface area contributed by atoms with Crippen LogP contribution in [0.1, 0.15) is 37.2 Å². The van der Waals surface area contributed by atoms with Crippen LogP contribution >= 0.6 is 0 Å². The van der Waals surface area contributed by atoms with Crippen LogP contribution < -0.4 is 10.1 Å². The Morgan fingerprint density at radius 3 is 2.85 bits per heavy atom. The Morgan fingerprint density at radius 1 is 1.23 bits per heavy atom. The van der Waals surface area contributed by atoms with Crippen LogP contribution in [0.4, 0.5) is 0 Å². The van der Waals surface area contributed by atoms with Crippen molar-refractivity contribution in [3.8, 4) is 5.75 Å².